The molecular weight excluding hydrogens is 304 g/mol. The van der Waals surface area contributed by atoms with E-state index in [1.165, 1.54) is 25.2 Å². The Bertz CT molecular complexity index is 436. The van der Waals surface area contributed by atoms with Gasteiger partial charge in [0.25, 0.3) is 0 Å². The zero-order valence-electron chi connectivity index (χ0n) is 11.4. The number of halogens is 1. The first kappa shape index (κ1) is 14.7. The molecule has 0 radical (unpaired) electrons. The minimum absolute atomic E-state index is 0. The molecular formula is C15H21BrN2O. The Morgan fingerprint density at radius 1 is 1.11 bits per heavy atom. The first-order valence-electron chi connectivity index (χ1n) is 6.84. The molecule has 0 N–H and O–H groups in total. The molecule has 0 amide bonds. The zero-order chi connectivity index (χ0) is 12.6. The fraction of sp³-hybridized carbons (Fsp3) is 0.533. The third-order valence-electron chi connectivity index (χ3n) is 4.52. The third kappa shape index (κ3) is 3.07. The summed E-state index contributed by atoms with van der Waals surface area (Å²) < 4.78 is 1.02. The van der Waals surface area contributed by atoms with Crippen molar-refractivity contribution < 1.29 is 26.3 Å². The number of rotatable bonds is 3. The first-order chi connectivity index (χ1) is 8.67. The summed E-state index contributed by atoms with van der Waals surface area (Å²) in [4.78, 5) is 14.9. The number of Topliss-reactive ketones (excluding diaryl/α,β-unsaturated/α-hetero) is 1. The second kappa shape index (κ2) is 5.73. The van der Waals surface area contributed by atoms with E-state index in [0.717, 1.165) is 29.7 Å². The molecule has 3 fully saturated rings. The smallest absolute Gasteiger partial charge is 0.216 e. The molecule has 0 unspecified atom stereocenters. The van der Waals surface area contributed by atoms with Gasteiger partial charge in [0.2, 0.25) is 5.78 Å². The highest BCUT2D eigenvalue weighted by Gasteiger charge is 2.39. The summed E-state index contributed by atoms with van der Waals surface area (Å²) in [7, 11) is 0. The zero-order valence-corrected chi connectivity index (χ0v) is 13.0. The van der Waals surface area contributed by atoms with E-state index < -0.39 is 0 Å². The van der Waals surface area contributed by atoms with Gasteiger partial charge in [-0.25, -0.2) is 0 Å². The molecule has 0 aliphatic carbocycles. The second-order valence-electron chi connectivity index (χ2n) is 5.80. The monoisotopic (exact) mass is 324 g/mol. The topological polar surface area (TPSA) is 20.3 Å². The van der Waals surface area contributed by atoms with Crippen molar-refractivity contribution in [2.75, 3.05) is 45.8 Å². The molecule has 19 heavy (non-hydrogen) atoms. The first-order valence-corrected chi connectivity index (χ1v) is 6.84. The number of quaternary nitrogens is 1. The lowest BCUT2D eigenvalue weighted by Crippen LogP contribution is -3.00. The van der Waals surface area contributed by atoms with Crippen molar-refractivity contribution in [2.24, 2.45) is 0 Å². The predicted octanol–water partition coefficient (Wildman–Crippen LogP) is -1.67. The lowest BCUT2D eigenvalue weighted by atomic mass is 10.0. The van der Waals surface area contributed by atoms with Crippen LogP contribution in [0.15, 0.2) is 24.3 Å². The molecule has 4 rings (SSSR count). The summed E-state index contributed by atoms with van der Waals surface area (Å²) in [5.74, 6) is 0.311. The highest BCUT2D eigenvalue weighted by Crippen LogP contribution is 2.20. The van der Waals surface area contributed by atoms with Gasteiger partial charge in [-0.15, -0.1) is 0 Å². The Hall–Kier alpha value is -0.710. The number of benzene rings is 1. The lowest BCUT2D eigenvalue weighted by Gasteiger charge is -2.50. The molecule has 2 bridgehead atoms. The number of carbonyl (C=O) groups excluding carboxylic acids is 1. The van der Waals surface area contributed by atoms with Gasteiger partial charge in [0, 0.05) is 25.2 Å². The standard InChI is InChI=1S/C15H21N2O.BrH/c1-13-2-4-14(5-3-13)15(18)12-17-9-6-16(7-10-17)8-11-17;/h2-5H,6-12H2,1H3;1H/q+1;/p-1. The van der Waals surface area contributed by atoms with Crippen LogP contribution in [-0.2, 0) is 0 Å². The molecule has 104 valence electrons. The summed E-state index contributed by atoms with van der Waals surface area (Å²) in [6, 6.07) is 8.00. The molecule has 0 saturated carbocycles. The van der Waals surface area contributed by atoms with Crippen LogP contribution >= 0.6 is 0 Å². The van der Waals surface area contributed by atoms with Gasteiger partial charge >= 0.3 is 0 Å². The predicted molar refractivity (Wildman–Crippen MR) is 71.7 cm³/mol. The summed E-state index contributed by atoms with van der Waals surface area (Å²) in [5.41, 5.74) is 2.09. The summed E-state index contributed by atoms with van der Waals surface area (Å²) in [6.45, 7) is 9.70. The Morgan fingerprint density at radius 3 is 2.16 bits per heavy atom. The van der Waals surface area contributed by atoms with Crippen LogP contribution in [-0.4, -0.2) is 61.0 Å². The number of hydrogen-bond acceptors (Lipinski definition) is 2. The highest BCUT2D eigenvalue weighted by atomic mass is 79.9. The van der Waals surface area contributed by atoms with E-state index in [0.29, 0.717) is 12.3 Å². The van der Waals surface area contributed by atoms with E-state index in [-0.39, 0.29) is 17.0 Å². The molecule has 3 aliphatic rings. The average Bonchev–Trinajstić information content (AvgIpc) is 2.41. The second-order valence-corrected chi connectivity index (χ2v) is 5.80. The highest BCUT2D eigenvalue weighted by molar-refractivity contribution is 5.97. The van der Waals surface area contributed by atoms with Crippen molar-refractivity contribution in [3.8, 4) is 0 Å². The third-order valence-corrected chi connectivity index (χ3v) is 4.52. The molecule has 3 saturated heterocycles. The molecule has 1 aromatic carbocycles. The van der Waals surface area contributed by atoms with Gasteiger partial charge in [-0.3, -0.25) is 9.69 Å². The quantitative estimate of drug-likeness (QED) is 0.489. The summed E-state index contributed by atoms with van der Waals surface area (Å²) in [5, 5.41) is 0. The van der Waals surface area contributed by atoms with E-state index in [9.17, 15) is 4.79 Å². The van der Waals surface area contributed by atoms with Crippen LogP contribution in [0.3, 0.4) is 0 Å². The molecule has 0 aromatic heterocycles. The lowest BCUT2D eigenvalue weighted by molar-refractivity contribution is -0.933. The van der Waals surface area contributed by atoms with E-state index in [1.807, 2.05) is 24.3 Å². The van der Waals surface area contributed by atoms with Crippen LogP contribution in [0.2, 0.25) is 0 Å². The number of nitrogens with zero attached hydrogens (tertiary/aromatic N) is 2. The van der Waals surface area contributed by atoms with Crippen LogP contribution in [0.5, 0.6) is 0 Å². The van der Waals surface area contributed by atoms with Crippen molar-refractivity contribution >= 4 is 5.78 Å². The van der Waals surface area contributed by atoms with E-state index in [4.69, 9.17) is 0 Å². The minimum Gasteiger partial charge on any atom is -1.00 e. The largest absolute Gasteiger partial charge is 1.00 e. The summed E-state index contributed by atoms with van der Waals surface area (Å²) >= 11 is 0. The number of hydrogen-bond donors (Lipinski definition) is 0. The van der Waals surface area contributed by atoms with Crippen molar-refractivity contribution in [3.63, 3.8) is 0 Å². The molecule has 1 aromatic rings. The maximum absolute atomic E-state index is 12.4. The van der Waals surface area contributed by atoms with Crippen LogP contribution in [0.25, 0.3) is 0 Å². The van der Waals surface area contributed by atoms with Crippen LogP contribution < -0.4 is 17.0 Å². The number of fused-ring (bicyclic) bond motifs is 3. The Labute approximate surface area is 125 Å². The van der Waals surface area contributed by atoms with Gasteiger partial charge in [-0.05, 0) is 6.92 Å². The minimum atomic E-state index is 0. The maximum atomic E-state index is 12.4. The van der Waals surface area contributed by atoms with Crippen molar-refractivity contribution in [1.82, 2.24) is 4.90 Å². The van der Waals surface area contributed by atoms with Gasteiger partial charge < -0.3 is 21.5 Å². The maximum Gasteiger partial charge on any atom is 0.216 e. The van der Waals surface area contributed by atoms with Crippen molar-refractivity contribution in [2.45, 2.75) is 6.92 Å². The molecule has 0 atom stereocenters. The fourth-order valence-electron chi connectivity index (χ4n) is 3.10. The Morgan fingerprint density at radius 2 is 1.63 bits per heavy atom. The molecule has 4 heteroatoms. The average molecular weight is 325 g/mol. The van der Waals surface area contributed by atoms with Crippen molar-refractivity contribution in [3.05, 3.63) is 35.4 Å². The number of piperazine rings is 3. The van der Waals surface area contributed by atoms with E-state index in [2.05, 4.69) is 11.8 Å². The molecule has 0 spiro atoms. The Balaban J connectivity index is 0.00000133. The SMILES string of the molecule is Cc1ccc(C(=O)C[N+]23CCN(CC2)CC3)cc1.[Br-]. The summed E-state index contributed by atoms with van der Waals surface area (Å²) in [6.07, 6.45) is 0. The van der Waals surface area contributed by atoms with Crippen molar-refractivity contribution in [1.29, 1.82) is 0 Å². The molecule has 3 nitrogen and oxygen atoms in total. The number of ketones is 1. The molecule has 3 aliphatic heterocycles. The van der Waals surface area contributed by atoms with Crippen LogP contribution in [0.4, 0.5) is 0 Å². The van der Waals surface area contributed by atoms with Gasteiger partial charge in [0.15, 0.2) is 0 Å². The Kier molecular flexibility index (Phi) is 4.43. The van der Waals surface area contributed by atoms with Gasteiger partial charge in [0.05, 0.1) is 19.6 Å². The van der Waals surface area contributed by atoms with E-state index >= 15 is 0 Å². The van der Waals surface area contributed by atoms with E-state index in [1.54, 1.807) is 0 Å². The van der Waals surface area contributed by atoms with Gasteiger partial charge in [-0.1, -0.05) is 29.8 Å². The fourth-order valence-corrected chi connectivity index (χ4v) is 3.10. The molecule has 3 heterocycles. The number of carbonyl (C=O) groups is 1. The van der Waals surface area contributed by atoms with Gasteiger partial charge in [0.1, 0.15) is 6.54 Å². The van der Waals surface area contributed by atoms with Gasteiger partial charge in [-0.2, -0.15) is 0 Å². The number of aryl methyl sites for hydroxylation is 1. The van der Waals surface area contributed by atoms with Crippen LogP contribution in [0, 0.1) is 6.92 Å². The van der Waals surface area contributed by atoms with Crippen LogP contribution in [0.1, 0.15) is 15.9 Å². The normalized spacial score (nSPS) is 28.8.